The standard InChI is InChI=1S/C18H15NO3S/c1-2-12-19-17(20)13-22-18(21)11-9-15-8-10-16(23-15)14-6-4-3-5-7-14/h1,3-11H,12-13H2,(H,19,20)/b11-9+. The molecule has 2 aromatic rings. The fraction of sp³-hybridized carbons (Fsp3) is 0.111. The van der Waals surface area contributed by atoms with Crippen molar-refractivity contribution in [3.63, 3.8) is 0 Å². The number of rotatable bonds is 6. The van der Waals surface area contributed by atoms with Crippen LogP contribution in [-0.2, 0) is 14.3 Å². The van der Waals surface area contributed by atoms with Gasteiger partial charge in [0.25, 0.3) is 5.91 Å². The van der Waals surface area contributed by atoms with Crippen LogP contribution in [0.3, 0.4) is 0 Å². The minimum absolute atomic E-state index is 0.115. The number of carbonyl (C=O) groups is 2. The van der Waals surface area contributed by atoms with Gasteiger partial charge < -0.3 is 10.1 Å². The van der Waals surface area contributed by atoms with Gasteiger partial charge >= 0.3 is 5.97 Å². The fourth-order valence-corrected chi connectivity index (χ4v) is 2.65. The molecule has 1 aromatic heterocycles. The van der Waals surface area contributed by atoms with Crippen molar-refractivity contribution >= 4 is 29.3 Å². The zero-order valence-corrected chi connectivity index (χ0v) is 13.1. The summed E-state index contributed by atoms with van der Waals surface area (Å²) in [6.07, 6.45) is 7.97. The summed E-state index contributed by atoms with van der Waals surface area (Å²) in [6.45, 7) is -0.228. The van der Waals surface area contributed by atoms with Crippen molar-refractivity contribution in [3.8, 4) is 22.8 Å². The maximum Gasteiger partial charge on any atom is 0.331 e. The molecule has 0 atom stereocenters. The molecule has 1 N–H and O–H groups in total. The largest absolute Gasteiger partial charge is 0.452 e. The fourth-order valence-electron chi connectivity index (χ4n) is 1.74. The van der Waals surface area contributed by atoms with E-state index in [1.807, 2.05) is 42.5 Å². The van der Waals surface area contributed by atoms with Crippen molar-refractivity contribution in [2.45, 2.75) is 0 Å². The monoisotopic (exact) mass is 325 g/mol. The van der Waals surface area contributed by atoms with E-state index in [4.69, 9.17) is 11.2 Å². The van der Waals surface area contributed by atoms with Crippen LogP contribution in [0.1, 0.15) is 4.88 Å². The molecular weight excluding hydrogens is 310 g/mol. The van der Waals surface area contributed by atoms with Crippen LogP contribution in [0.2, 0.25) is 0 Å². The van der Waals surface area contributed by atoms with Crippen LogP contribution in [0.4, 0.5) is 0 Å². The first-order valence-corrected chi connectivity index (χ1v) is 7.71. The van der Waals surface area contributed by atoms with Crippen LogP contribution in [-0.4, -0.2) is 25.0 Å². The number of amides is 1. The van der Waals surface area contributed by atoms with E-state index in [0.717, 1.165) is 15.3 Å². The third-order valence-electron chi connectivity index (χ3n) is 2.80. The van der Waals surface area contributed by atoms with Crippen molar-refractivity contribution in [3.05, 3.63) is 53.4 Å². The Bertz CT molecular complexity index is 741. The Morgan fingerprint density at radius 2 is 2.00 bits per heavy atom. The summed E-state index contributed by atoms with van der Waals surface area (Å²) in [5.74, 6) is 1.27. The number of terminal acetylenes is 1. The Hall–Kier alpha value is -2.84. The molecule has 0 fully saturated rings. The summed E-state index contributed by atoms with van der Waals surface area (Å²) < 4.78 is 4.81. The van der Waals surface area contributed by atoms with Crippen molar-refractivity contribution in [1.29, 1.82) is 0 Å². The molecule has 1 amide bonds. The summed E-state index contributed by atoms with van der Waals surface area (Å²) in [5, 5.41) is 2.41. The van der Waals surface area contributed by atoms with Gasteiger partial charge in [0.05, 0.1) is 6.54 Å². The quantitative estimate of drug-likeness (QED) is 0.505. The van der Waals surface area contributed by atoms with E-state index in [0.29, 0.717) is 0 Å². The van der Waals surface area contributed by atoms with E-state index in [2.05, 4.69) is 11.2 Å². The smallest absolute Gasteiger partial charge is 0.331 e. The zero-order chi connectivity index (χ0) is 16.5. The summed E-state index contributed by atoms with van der Waals surface area (Å²) in [5.41, 5.74) is 1.13. The molecule has 2 rings (SSSR count). The zero-order valence-electron chi connectivity index (χ0n) is 12.3. The highest BCUT2D eigenvalue weighted by Gasteiger charge is 2.04. The maximum absolute atomic E-state index is 11.5. The molecule has 116 valence electrons. The molecule has 1 aromatic carbocycles. The van der Waals surface area contributed by atoms with Crippen LogP contribution in [0.15, 0.2) is 48.5 Å². The first-order valence-electron chi connectivity index (χ1n) is 6.89. The van der Waals surface area contributed by atoms with Crippen molar-refractivity contribution in [1.82, 2.24) is 5.32 Å². The predicted octanol–water partition coefficient (Wildman–Crippen LogP) is 2.72. The Morgan fingerprint density at radius 1 is 1.22 bits per heavy atom. The van der Waals surface area contributed by atoms with E-state index < -0.39 is 11.9 Å². The molecular formula is C18H15NO3S. The van der Waals surface area contributed by atoms with Gasteiger partial charge in [-0.2, -0.15) is 0 Å². The van der Waals surface area contributed by atoms with Gasteiger partial charge in [0.15, 0.2) is 6.61 Å². The summed E-state index contributed by atoms with van der Waals surface area (Å²) >= 11 is 1.57. The number of thiophene rings is 1. The molecule has 0 aliphatic rings. The minimum Gasteiger partial charge on any atom is -0.452 e. The number of hydrogen-bond donors (Lipinski definition) is 1. The number of nitrogens with one attached hydrogen (secondary N) is 1. The molecule has 0 bridgehead atoms. The average Bonchev–Trinajstić information content (AvgIpc) is 3.06. The van der Waals surface area contributed by atoms with Gasteiger partial charge in [0.2, 0.25) is 0 Å². The van der Waals surface area contributed by atoms with Crippen molar-refractivity contribution < 1.29 is 14.3 Å². The lowest BCUT2D eigenvalue weighted by Crippen LogP contribution is -2.28. The van der Waals surface area contributed by atoms with Gasteiger partial charge in [-0.1, -0.05) is 36.3 Å². The molecule has 0 aliphatic heterocycles. The molecule has 0 radical (unpaired) electrons. The Morgan fingerprint density at radius 3 is 2.74 bits per heavy atom. The number of ether oxygens (including phenoxy) is 1. The van der Waals surface area contributed by atoms with Gasteiger partial charge in [0, 0.05) is 15.8 Å². The van der Waals surface area contributed by atoms with E-state index in [1.165, 1.54) is 6.08 Å². The number of hydrogen-bond acceptors (Lipinski definition) is 4. The maximum atomic E-state index is 11.5. The second-order valence-corrected chi connectivity index (χ2v) is 5.61. The van der Waals surface area contributed by atoms with Crippen LogP contribution >= 0.6 is 11.3 Å². The number of carbonyl (C=O) groups excluding carboxylic acids is 2. The average molecular weight is 325 g/mol. The second-order valence-electron chi connectivity index (χ2n) is 4.49. The summed E-state index contributed by atoms with van der Waals surface area (Å²) in [4.78, 5) is 24.8. The first-order chi connectivity index (χ1) is 11.2. The van der Waals surface area contributed by atoms with E-state index >= 15 is 0 Å². The lowest BCUT2D eigenvalue weighted by Gasteiger charge is -2.01. The third-order valence-corrected chi connectivity index (χ3v) is 3.90. The first kappa shape index (κ1) is 16.5. The molecule has 0 aliphatic carbocycles. The van der Waals surface area contributed by atoms with Gasteiger partial charge in [-0.05, 0) is 23.8 Å². The molecule has 0 spiro atoms. The van der Waals surface area contributed by atoms with E-state index in [9.17, 15) is 9.59 Å². The molecule has 23 heavy (non-hydrogen) atoms. The molecule has 5 heteroatoms. The third kappa shape index (κ3) is 5.46. The van der Waals surface area contributed by atoms with Crippen molar-refractivity contribution in [2.24, 2.45) is 0 Å². The van der Waals surface area contributed by atoms with E-state index in [1.54, 1.807) is 17.4 Å². The van der Waals surface area contributed by atoms with Gasteiger partial charge in [-0.3, -0.25) is 4.79 Å². The molecule has 4 nitrogen and oxygen atoms in total. The Kier molecular flexibility index (Phi) is 6.16. The number of benzene rings is 1. The van der Waals surface area contributed by atoms with Gasteiger partial charge in [-0.25, -0.2) is 4.79 Å². The van der Waals surface area contributed by atoms with Crippen molar-refractivity contribution in [2.75, 3.05) is 13.2 Å². The highest BCUT2D eigenvalue weighted by Crippen LogP contribution is 2.28. The molecule has 0 saturated carbocycles. The van der Waals surface area contributed by atoms with Gasteiger partial charge in [0.1, 0.15) is 0 Å². The van der Waals surface area contributed by atoms with Gasteiger partial charge in [-0.15, -0.1) is 17.8 Å². The topological polar surface area (TPSA) is 55.4 Å². The predicted molar refractivity (Wildman–Crippen MR) is 91.6 cm³/mol. The highest BCUT2D eigenvalue weighted by atomic mass is 32.1. The lowest BCUT2D eigenvalue weighted by atomic mass is 10.2. The lowest BCUT2D eigenvalue weighted by molar-refractivity contribution is -0.143. The van der Waals surface area contributed by atoms with Crippen LogP contribution in [0.25, 0.3) is 16.5 Å². The Labute approximate surface area is 138 Å². The van der Waals surface area contributed by atoms with Crippen LogP contribution < -0.4 is 5.32 Å². The van der Waals surface area contributed by atoms with Crippen LogP contribution in [0, 0.1) is 12.3 Å². The SMILES string of the molecule is C#CCNC(=O)COC(=O)/C=C/c1ccc(-c2ccccc2)s1. The van der Waals surface area contributed by atoms with Crippen LogP contribution in [0.5, 0.6) is 0 Å². The highest BCUT2D eigenvalue weighted by molar-refractivity contribution is 7.16. The number of esters is 1. The minimum atomic E-state index is -0.574. The molecule has 0 unspecified atom stereocenters. The molecule has 1 heterocycles. The molecule has 0 saturated heterocycles. The summed E-state index contributed by atoms with van der Waals surface area (Å²) in [7, 11) is 0. The second kappa shape index (κ2) is 8.57. The Balaban J connectivity index is 1.86. The van der Waals surface area contributed by atoms with E-state index in [-0.39, 0.29) is 13.2 Å². The normalized spacial score (nSPS) is 10.2. The summed E-state index contributed by atoms with van der Waals surface area (Å²) in [6, 6.07) is 13.9.